The van der Waals surface area contributed by atoms with Crippen molar-refractivity contribution in [2.24, 2.45) is 7.05 Å². The number of rotatable bonds is 3. The predicted octanol–water partition coefficient (Wildman–Crippen LogP) is 2.13. The van der Waals surface area contributed by atoms with E-state index in [-0.39, 0.29) is 0 Å². The zero-order valence-corrected chi connectivity index (χ0v) is 9.47. The Balaban J connectivity index is 2.20. The fourth-order valence-electron chi connectivity index (χ4n) is 1.66. The number of aryl methyl sites for hydroxylation is 2. The molecular formula is C13H14N2O. The second-order valence-corrected chi connectivity index (χ2v) is 3.96. The van der Waals surface area contributed by atoms with Crippen LogP contribution in [0.1, 0.15) is 27.3 Å². The van der Waals surface area contributed by atoms with Gasteiger partial charge in [-0.3, -0.25) is 9.48 Å². The van der Waals surface area contributed by atoms with E-state index in [1.165, 1.54) is 11.1 Å². The lowest BCUT2D eigenvalue weighted by atomic mass is 10.1. The van der Waals surface area contributed by atoms with Crippen LogP contribution >= 0.6 is 0 Å². The molecule has 0 amide bonds. The van der Waals surface area contributed by atoms with E-state index < -0.39 is 0 Å². The molecule has 0 aliphatic carbocycles. The van der Waals surface area contributed by atoms with Gasteiger partial charge in [0.2, 0.25) is 0 Å². The molecule has 0 saturated heterocycles. The average molecular weight is 214 g/mol. The molecular weight excluding hydrogens is 200 g/mol. The van der Waals surface area contributed by atoms with E-state index >= 15 is 0 Å². The molecule has 1 aromatic carbocycles. The van der Waals surface area contributed by atoms with Gasteiger partial charge in [0, 0.05) is 13.5 Å². The van der Waals surface area contributed by atoms with E-state index in [1.54, 1.807) is 11.7 Å². The van der Waals surface area contributed by atoms with E-state index in [0.29, 0.717) is 5.69 Å². The van der Waals surface area contributed by atoms with Crippen LogP contribution in [0, 0.1) is 6.92 Å². The number of carbonyl (C=O) groups is 1. The predicted molar refractivity (Wildman–Crippen MR) is 62.6 cm³/mol. The highest BCUT2D eigenvalue weighted by Gasteiger charge is 2.04. The van der Waals surface area contributed by atoms with Gasteiger partial charge in [-0.2, -0.15) is 5.10 Å². The Labute approximate surface area is 94.7 Å². The molecule has 0 spiro atoms. The first-order chi connectivity index (χ1) is 7.69. The van der Waals surface area contributed by atoms with E-state index in [9.17, 15) is 4.79 Å². The molecule has 0 aliphatic heterocycles. The minimum Gasteiger partial charge on any atom is -0.296 e. The van der Waals surface area contributed by atoms with Crippen molar-refractivity contribution >= 4 is 6.29 Å². The lowest BCUT2D eigenvalue weighted by molar-refractivity contribution is 0.111. The first kappa shape index (κ1) is 10.6. The summed E-state index contributed by atoms with van der Waals surface area (Å²) in [4.78, 5) is 10.7. The van der Waals surface area contributed by atoms with Gasteiger partial charge in [-0.1, -0.05) is 29.8 Å². The summed E-state index contributed by atoms with van der Waals surface area (Å²) in [5, 5.41) is 4.28. The van der Waals surface area contributed by atoms with Crippen molar-refractivity contribution in [3.8, 4) is 0 Å². The number of carbonyl (C=O) groups excluding carboxylic acids is 1. The van der Waals surface area contributed by atoms with E-state index in [0.717, 1.165) is 18.4 Å². The van der Waals surface area contributed by atoms with Crippen LogP contribution in [0.2, 0.25) is 0 Å². The maximum Gasteiger partial charge on any atom is 0.168 e. The van der Waals surface area contributed by atoms with Gasteiger partial charge >= 0.3 is 0 Å². The van der Waals surface area contributed by atoms with Crippen molar-refractivity contribution in [2.75, 3.05) is 0 Å². The molecule has 3 heteroatoms. The molecule has 0 saturated carbocycles. The summed E-state index contributed by atoms with van der Waals surface area (Å²) in [6, 6.07) is 10.2. The second-order valence-electron chi connectivity index (χ2n) is 3.96. The molecule has 0 fully saturated rings. The van der Waals surface area contributed by atoms with Gasteiger partial charge in [0.05, 0.1) is 5.69 Å². The Morgan fingerprint density at radius 2 is 2.00 bits per heavy atom. The van der Waals surface area contributed by atoms with Crippen LogP contribution in [0.5, 0.6) is 0 Å². The summed E-state index contributed by atoms with van der Waals surface area (Å²) in [5.41, 5.74) is 4.00. The fourth-order valence-corrected chi connectivity index (χ4v) is 1.66. The highest BCUT2D eigenvalue weighted by molar-refractivity contribution is 5.72. The third-order valence-corrected chi connectivity index (χ3v) is 2.59. The van der Waals surface area contributed by atoms with Crippen molar-refractivity contribution < 1.29 is 4.79 Å². The van der Waals surface area contributed by atoms with Gasteiger partial charge in [0.25, 0.3) is 0 Å². The standard InChI is InChI=1S/C13H14N2O/c1-10-3-5-11(6-4-10)7-12-8-13(9-16)15(2)14-12/h3-6,8-9H,7H2,1-2H3. The van der Waals surface area contributed by atoms with Crippen molar-refractivity contribution in [1.82, 2.24) is 9.78 Å². The molecule has 1 heterocycles. The van der Waals surface area contributed by atoms with Crippen LogP contribution < -0.4 is 0 Å². The highest BCUT2D eigenvalue weighted by atomic mass is 16.1. The van der Waals surface area contributed by atoms with Gasteiger partial charge in [-0.25, -0.2) is 0 Å². The Kier molecular flexibility index (Phi) is 2.86. The molecule has 0 bridgehead atoms. The quantitative estimate of drug-likeness (QED) is 0.734. The zero-order chi connectivity index (χ0) is 11.5. The number of benzene rings is 1. The van der Waals surface area contributed by atoms with E-state index in [2.05, 4.69) is 36.3 Å². The second kappa shape index (κ2) is 4.31. The summed E-state index contributed by atoms with van der Waals surface area (Å²) in [6.07, 6.45) is 1.59. The summed E-state index contributed by atoms with van der Waals surface area (Å²) in [6.45, 7) is 2.06. The minimum atomic E-state index is 0.613. The third-order valence-electron chi connectivity index (χ3n) is 2.59. The molecule has 0 aliphatic rings. The Bertz CT molecular complexity index is 497. The van der Waals surface area contributed by atoms with Crippen molar-refractivity contribution in [3.05, 3.63) is 52.8 Å². The maximum atomic E-state index is 10.7. The monoisotopic (exact) mass is 214 g/mol. The van der Waals surface area contributed by atoms with E-state index in [4.69, 9.17) is 0 Å². The average Bonchev–Trinajstić information content (AvgIpc) is 2.62. The largest absolute Gasteiger partial charge is 0.296 e. The van der Waals surface area contributed by atoms with Gasteiger partial charge in [0.1, 0.15) is 5.69 Å². The summed E-state index contributed by atoms with van der Waals surface area (Å²) in [5.74, 6) is 0. The summed E-state index contributed by atoms with van der Waals surface area (Å²) >= 11 is 0. The zero-order valence-electron chi connectivity index (χ0n) is 9.47. The van der Waals surface area contributed by atoms with Crippen LogP contribution in [0.4, 0.5) is 0 Å². The molecule has 3 nitrogen and oxygen atoms in total. The smallest absolute Gasteiger partial charge is 0.168 e. The normalized spacial score (nSPS) is 10.4. The third kappa shape index (κ3) is 2.19. The molecule has 82 valence electrons. The van der Waals surface area contributed by atoms with Gasteiger partial charge in [-0.05, 0) is 18.6 Å². The molecule has 0 unspecified atom stereocenters. The van der Waals surface area contributed by atoms with E-state index in [1.807, 2.05) is 6.07 Å². The molecule has 0 atom stereocenters. The highest BCUT2D eigenvalue weighted by Crippen LogP contribution is 2.10. The maximum absolute atomic E-state index is 10.7. The number of aromatic nitrogens is 2. The number of hydrogen-bond acceptors (Lipinski definition) is 2. The van der Waals surface area contributed by atoms with Gasteiger partial charge in [-0.15, -0.1) is 0 Å². The first-order valence-corrected chi connectivity index (χ1v) is 5.22. The van der Waals surface area contributed by atoms with Crippen molar-refractivity contribution in [1.29, 1.82) is 0 Å². The Hall–Kier alpha value is -1.90. The molecule has 1 aromatic heterocycles. The topological polar surface area (TPSA) is 34.9 Å². The Morgan fingerprint density at radius 3 is 2.56 bits per heavy atom. The summed E-state index contributed by atoms with van der Waals surface area (Å²) < 4.78 is 1.61. The van der Waals surface area contributed by atoms with Crippen LogP contribution in [-0.4, -0.2) is 16.1 Å². The lowest BCUT2D eigenvalue weighted by Crippen LogP contribution is -1.96. The van der Waals surface area contributed by atoms with Gasteiger partial charge in [0.15, 0.2) is 6.29 Å². The molecule has 2 rings (SSSR count). The van der Waals surface area contributed by atoms with Crippen LogP contribution in [0.15, 0.2) is 30.3 Å². The molecule has 0 radical (unpaired) electrons. The van der Waals surface area contributed by atoms with Crippen molar-refractivity contribution in [3.63, 3.8) is 0 Å². The van der Waals surface area contributed by atoms with Crippen LogP contribution in [0.25, 0.3) is 0 Å². The molecule has 16 heavy (non-hydrogen) atoms. The number of nitrogens with zero attached hydrogens (tertiary/aromatic N) is 2. The number of aldehydes is 1. The van der Waals surface area contributed by atoms with Crippen molar-refractivity contribution in [2.45, 2.75) is 13.3 Å². The Morgan fingerprint density at radius 1 is 1.31 bits per heavy atom. The number of hydrogen-bond donors (Lipinski definition) is 0. The van der Waals surface area contributed by atoms with Crippen LogP contribution in [-0.2, 0) is 13.5 Å². The lowest BCUT2D eigenvalue weighted by Gasteiger charge is -1.98. The van der Waals surface area contributed by atoms with Crippen LogP contribution in [0.3, 0.4) is 0 Å². The minimum absolute atomic E-state index is 0.613. The summed E-state index contributed by atoms with van der Waals surface area (Å²) in [7, 11) is 1.78. The molecule has 2 aromatic rings. The fraction of sp³-hybridized carbons (Fsp3) is 0.231. The SMILES string of the molecule is Cc1ccc(Cc2cc(C=O)n(C)n2)cc1. The first-order valence-electron chi connectivity index (χ1n) is 5.22. The molecule has 0 N–H and O–H groups in total. The van der Waals surface area contributed by atoms with Gasteiger partial charge < -0.3 is 0 Å².